The third kappa shape index (κ3) is 3.98. The first-order valence-corrected chi connectivity index (χ1v) is 9.01. The van der Waals surface area contributed by atoms with Gasteiger partial charge >= 0.3 is 0 Å². The zero-order valence-corrected chi connectivity index (χ0v) is 16.0. The Hall–Kier alpha value is -2.80. The first kappa shape index (κ1) is 19.0. The summed E-state index contributed by atoms with van der Waals surface area (Å²) in [6, 6.07) is 12.0. The van der Waals surface area contributed by atoms with Crippen LogP contribution in [0.25, 0.3) is 0 Å². The number of halogens is 1. The van der Waals surface area contributed by atoms with Crippen molar-refractivity contribution in [3.8, 4) is 0 Å². The fourth-order valence-corrected chi connectivity index (χ4v) is 3.48. The Bertz CT molecular complexity index is 864. The summed E-state index contributed by atoms with van der Waals surface area (Å²) in [5.74, 6) is -0.193. The number of rotatable bonds is 4. The van der Waals surface area contributed by atoms with Crippen molar-refractivity contribution >= 4 is 34.6 Å². The second kappa shape index (κ2) is 7.84. The number of nitro benzene ring substituents is 1. The molecular formula is C19H21ClN4O3. The highest BCUT2D eigenvalue weighted by atomic mass is 35.5. The second-order valence-corrected chi connectivity index (χ2v) is 6.99. The number of hydrogen-bond donors (Lipinski definition) is 0. The lowest BCUT2D eigenvalue weighted by Gasteiger charge is -2.37. The maximum Gasteiger partial charge on any atom is 0.270 e. The molecule has 2 aromatic rings. The molecule has 8 heteroatoms. The van der Waals surface area contributed by atoms with Gasteiger partial charge in [-0.15, -0.1) is 0 Å². The van der Waals surface area contributed by atoms with Crippen molar-refractivity contribution in [3.63, 3.8) is 0 Å². The zero-order valence-electron chi connectivity index (χ0n) is 15.3. The molecular weight excluding hydrogens is 368 g/mol. The van der Waals surface area contributed by atoms with Crippen LogP contribution in [0.15, 0.2) is 42.5 Å². The Kier molecular flexibility index (Phi) is 5.51. The van der Waals surface area contributed by atoms with Crippen LogP contribution < -0.4 is 9.80 Å². The molecule has 1 fully saturated rings. The van der Waals surface area contributed by atoms with Crippen molar-refractivity contribution in [2.45, 2.75) is 0 Å². The minimum atomic E-state index is -0.481. The highest BCUT2D eigenvalue weighted by Gasteiger charge is 2.26. The molecule has 0 aliphatic carbocycles. The first-order chi connectivity index (χ1) is 12.9. The Morgan fingerprint density at radius 2 is 1.78 bits per heavy atom. The van der Waals surface area contributed by atoms with Gasteiger partial charge in [-0.1, -0.05) is 23.7 Å². The van der Waals surface area contributed by atoms with E-state index in [0.29, 0.717) is 42.5 Å². The molecule has 0 N–H and O–H groups in total. The number of benzene rings is 2. The predicted octanol–water partition coefficient (Wildman–Crippen LogP) is 3.28. The zero-order chi connectivity index (χ0) is 19.6. The lowest BCUT2D eigenvalue weighted by Crippen LogP contribution is -2.49. The number of carbonyl (C=O) groups excluding carboxylic acids is 1. The van der Waals surface area contributed by atoms with Gasteiger partial charge in [0.15, 0.2) is 0 Å². The Morgan fingerprint density at radius 1 is 1.11 bits per heavy atom. The van der Waals surface area contributed by atoms with E-state index >= 15 is 0 Å². The number of piperazine rings is 1. The van der Waals surface area contributed by atoms with E-state index in [1.165, 1.54) is 12.1 Å². The van der Waals surface area contributed by atoms with Crippen molar-refractivity contribution in [1.82, 2.24) is 4.90 Å². The van der Waals surface area contributed by atoms with E-state index in [2.05, 4.69) is 4.90 Å². The Labute approximate surface area is 162 Å². The average molecular weight is 389 g/mol. The largest absolute Gasteiger partial charge is 0.377 e. The van der Waals surface area contributed by atoms with Crippen LogP contribution in [-0.2, 0) is 0 Å². The maximum absolute atomic E-state index is 13.0. The summed E-state index contributed by atoms with van der Waals surface area (Å²) in [6.45, 7) is 2.36. The number of hydrogen-bond acceptors (Lipinski definition) is 5. The van der Waals surface area contributed by atoms with Gasteiger partial charge in [0.05, 0.1) is 21.2 Å². The minimum Gasteiger partial charge on any atom is -0.377 e. The van der Waals surface area contributed by atoms with E-state index in [-0.39, 0.29) is 11.6 Å². The summed E-state index contributed by atoms with van der Waals surface area (Å²) in [7, 11) is 3.63. The van der Waals surface area contributed by atoms with E-state index in [4.69, 9.17) is 11.6 Å². The van der Waals surface area contributed by atoms with Gasteiger partial charge in [-0.05, 0) is 18.2 Å². The molecule has 142 valence electrons. The number of amides is 1. The van der Waals surface area contributed by atoms with Crippen LogP contribution in [0.2, 0.25) is 5.02 Å². The van der Waals surface area contributed by atoms with Gasteiger partial charge < -0.3 is 14.7 Å². The molecule has 3 rings (SSSR count). The summed E-state index contributed by atoms with van der Waals surface area (Å²) in [5, 5.41) is 11.8. The smallest absolute Gasteiger partial charge is 0.270 e. The lowest BCUT2D eigenvalue weighted by atomic mass is 10.1. The van der Waals surface area contributed by atoms with Crippen LogP contribution in [0.5, 0.6) is 0 Å². The number of carbonyl (C=O) groups is 1. The normalized spacial score (nSPS) is 14.2. The summed E-state index contributed by atoms with van der Waals surface area (Å²) in [5.41, 5.74) is 1.88. The Morgan fingerprint density at radius 3 is 2.37 bits per heavy atom. The highest BCUT2D eigenvalue weighted by Crippen LogP contribution is 2.28. The molecule has 0 bridgehead atoms. The molecule has 1 aliphatic heterocycles. The fraction of sp³-hybridized carbons (Fsp3) is 0.316. The van der Waals surface area contributed by atoms with Crippen molar-refractivity contribution in [1.29, 1.82) is 0 Å². The van der Waals surface area contributed by atoms with Gasteiger partial charge in [0, 0.05) is 58.1 Å². The summed E-state index contributed by atoms with van der Waals surface area (Å²) in [6.07, 6.45) is 0. The quantitative estimate of drug-likeness (QED) is 0.593. The molecule has 0 radical (unpaired) electrons. The molecule has 1 saturated heterocycles. The van der Waals surface area contributed by atoms with Crippen LogP contribution in [0, 0.1) is 10.1 Å². The van der Waals surface area contributed by atoms with E-state index in [1.54, 1.807) is 15.9 Å². The van der Waals surface area contributed by atoms with E-state index in [0.717, 1.165) is 5.69 Å². The van der Waals surface area contributed by atoms with Crippen molar-refractivity contribution < 1.29 is 9.72 Å². The van der Waals surface area contributed by atoms with E-state index in [1.807, 2.05) is 38.4 Å². The maximum atomic E-state index is 13.0. The minimum absolute atomic E-state index is 0.0846. The van der Waals surface area contributed by atoms with E-state index in [9.17, 15) is 14.9 Å². The molecule has 1 amide bonds. The monoisotopic (exact) mass is 388 g/mol. The van der Waals surface area contributed by atoms with Crippen LogP contribution in [0.1, 0.15) is 10.4 Å². The van der Waals surface area contributed by atoms with Crippen LogP contribution >= 0.6 is 11.6 Å². The average Bonchev–Trinajstić information content (AvgIpc) is 2.67. The van der Waals surface area contributed by atoms with Gasteiger partial charge in [-0.2, -0.15) is 0 Å². The summed E-state index contributed by atoms with van der Waals surface area (Å²) < 4.78 is 0. The first-order valence-electron chi connectivity index (χ1n) is 8.63. The molecule has 0 saturated carbocycles. The molecule has 0 unspecified atom stereocenters. The molecule has 0 aromatic heterocycles. The molecule has 1 aliphatic rings. The fourth-order valence-electron chi connectivity index (χ4n) is 3.23. The number of nitro groups is 1. The SMILES string of the molecule is CN(C)c1ccc([N+](=O)[O-])cc1C(=O)N1CCN(c2ccccc2Cl)CC1. The second-order valence-electron chi connectivity index (χ2n) is 6.58. The van der Waals surface area contributed by atoms with Gasteiger partial charge in [0.2, 0.25) is 0 Å². The van der Waals surface area contributed by atoms with Gasteiger partial charge in [0.1, 0.15) is 0 Å². The standard InChI is InChI=1S/C19H21ClN4O3/c1-21(2)17-8-7-14(24(26)27)13-15(17)19(25)23-11-9-22(10-12-23)18-6-4-3-5-16(18)20/h3-8,13H,9-12H2,1-2H3. The topological polar surface area (TPSA) is 69.9 Å². The number of para-hydroxylation sites is 1. The summed E-state index contributed by atoms with van der Waals surface area (Å²) in [4.78, 5) is 29.3. The number of anilines is 2. The van der Waals surface area contributed by atoms with E-state index < -0.39 is 4.92 Å². The summed E-state index contributed by atoms with van der Waals surface area (Å²) >= 11 is 6.26. The van der Waals surface area contributed by atoms with Crippen LogP contribution in [0.3, 0.4) is 0 Å². The molecule has 7 nitrogen and oxygen atoms in total. The van der Waals surface area contributed by atoms with Crippen molar-refractivity contribution in [2.75, 3.05) is 50.1 Å². The molecule has 2 aromatic carbocycles. The predicted molar refractivity (Wildman–Crippen MR) is 107 cm³/mol. The lowest BCUT2D eigenvalue weighted by molar-refractivity contribution is -0.384. The highest BCUT2D eigenvalue weighted by molar-refractivity contribution is 6.33. The number of nitrogens with zero attached hydrogens (tertiary/aromatic N) is 4. The van der Waals surface area contributed by atoms with Gasteiger partial charge in [0.25, 0.3) is 11.6 Å². The molecule has 0 spiro atoms. The van der Waals surface area contributed by atoms with Gasteiger partial charge in [-0.3, -0.25) is 14.9 Å². The number of non-ortho nitro benzene ring substituents is 1. The Balaban J connectivity index is 1.79. The van der Waals surface area contributed by atoms with Crippen molar-refractivity contribution in [2.24, 2.45) is 0 Å². The van der Waals surface area contributed by atoms with Gasteiger partial charge in [-0.25, -0.2) is 0 Å². The molecule has 1 heterocycles. The third-order valence-electron chi connectivity index (χ3n) is 4.66. The molecule has 27 heavy (non-hydrogen) atoms. The molecule has 0 atom stereocenters. The third-order valence-corrected chi connectivity index (χ3v) is 4.98. The van der Waals surface area contributed by atoms with Crippen LogP contribution in [-0.4, -0.2) is 56.0 Å². The van der Waals surface area contributed by atoms with Crippen molar-refractivity contribution in [3.05, 3.63) is 63.2 Å². The van der Waals surface area contributed by atoms with Crippen LogP contribution in [0.4, 0.5) is 17.1 Å².